The summed E-state index contributed by atoms with van der Waals surface area (Å²) in [5.74, 6) is 1.13. The fourth-order valence-electron chi connectivity index (χ4n) is 1.94. The van der Waals surface area contributed by atoms with Crippen molar-refractivity contribution >= 4 is 0 Å². The maximum Gasteiger partial charge on any atom is 0.104 e. The molecule has 1 aromatic rings. The molecule has 1 fully saturated rings. The largest absolute Gasteiger partial charge is 0.469 e. The van der Waals surface area contributed by atoms with Crippen molar-refractivity contribution in [2.24, 2.45) is 0 Å². The topological polar surface area (TPSA) is 37.2 Å². The Bertz CT molecular complexity index is 318. The van der Waals surface area contributed by atoms with E-state index in [-0.39, 0.29) is 0 Å². The molecule has 0 bridgehead atoms. The molecule has 0 saturated heterocycles. The van der Waals surface area contributed by atoms with Crippen molar-refractivity contribution in [2.45, 2.75) is 51.6 Å². The molecule has 2 rings (SSSR count). The Hall–Kier alpha value is -0.800. The first-order valence-electron chi connectivity index (χ1n) is 6.89. The first kappa shape index (κ1) is 12.7. The van der Waals surface area contributed by atoms with Crippen LogP contribution in [0, 0.1) is 0 Å². The molecule has 3 nitrogen and oxygen atoms in total. The zero-order chi connectivity index (χ0) is 11.9. The van der Waals surface area contributed by atoms with Gasteiger partial charge < -0.3 is 15.1 Å². The minimum Gasteiger partial charge on any atom is -0.469 e. The second-order valence-corrected chi connectivity index (χ2v) is 4.89. The van der Waals surface area contributed by atoms with Crippen LogP contribution in [-0.2, 0) is 13.0 Å². The van der Waals surface area contributed by atoms with Crippen LogP contribution in [0.5, 0.6) is 0 Å². The summed E-state index contributed by atoms with van der Waals surface area (Å²) in [4.78, 5) is 0. The monoisotopic (exact) mass is 236 g/mol. The van der Waals surface area contributed by atoms with Gasteiger partial charge in [0.1, 0.15) is 5.76 Å². The second-order valence-electron chi connectivity index (χ2n) is 4.89. The summed E-state index contributed by atoms with van der Waals surface area (Å²) in [7, 11) is 0. The van der Waals surface area contributed by atoms with E-state index in [0.717, 1.165) is 37.9 Å². The van der Waals surface area contributed by atoms with Gasteiger partial charge in [-0.25, -0.2) is 0 Å². The molecule has 0 aliphatic heterocycles. The quantitative estimate of drug-likeness (QED) is 0.647. The molecule has 1 aliphatic rings. The van der Waals surface area contributed by atoms with Gasteiger partial charge in [0.05, 0.1) is 6.26 Å². The zero-order valence-electron chi connectivity index (χ0n) is 10.8. The van der Waals surface area contributed by atoms with E-state index in [2.05, 4.69) is 23.6 Å². The fourth-order valence-corrected chi connectivity index (χ4v) is 1.94. The lowest BCUT2D eigenvalue weighted by atomic mass is 10.2. The van der Waals surface area contributed by atoms with E-state index in [1.54, 1.807) is 0 Å². The molecular formula is C14H24N2O. The maximum atomic E-state index is 5.54. The molecule has 1 saturated carbocycles. The van der Waals surface area contributed by atoms with Gasteiger partial charge in [0.2, 0.25) is 0 Å². The minimum absolute atomic E-state index is 0.838. The first-order valence-corrected chi connectivity index (χ1v) is 6.89. The highest BCUT2D eigenvalue weighted by molar-refractivity contribution is 5.12. The van der Waals surface area contributed by atoms with Gasteiger partial charge in [-0.05, 0) is 44.8 Å². The predicted molar refractivity (Wildman–Crippen MR) is 70.1 cm³/mol. The van der Waals surface area contributed by atoms with Crippen LogP contribution < -0.4 is 10.6 Å². The Balaban J connectivity index is 1.55. The number of aryl methyl sites for hydroxylation is 1. The van der Waals surface area contributed by atoms with Crippen LogP contribution in [0.15, 0.2) is 16.7 Å². The van der Waals surface area contributed by atoms with Crippen molar-refractivity contribution in [3.8, 4) is 0 Å². The van der Waals surface area contributed by atoms with Gasteiger partial charge in [-0.2, -0.15) is 0 Å². The third-order valence-corrected chi connectivity index (χ3v) is 3.15. The molecule has 0 aromatic carbocycles. The summed E-state index contributed by atoms with van der Waals surface area (Å²) >= 11 is 0. The van der Waals surface area contributed by atoms with Crippen LogP contribution >= 0.6 is 0 Å². The number of hydrogen-bond acceptors (Lipinski definition) is 3. The summed E-state index contributed by atoms with van der Waals surface area (Å²) in [5, 5.41) is 6.84. The molecule has 0 amide bonds. The standard InChI is InChI=1S/C14H24N2O/c1-2-15-10-12-9-14(17-11-12)5-3-4-8-16-13-6-7-13/h9,11,13,15-16H,2-8,10H2,1H3. The van der Waals surface area contributed by atoms with Gasteiger partial charge in [-0.15, -0.1) is 0 Å². The Kier molecular flexibility index (Phi) is 5.08. The third-order valence-electron chi connectivity index (χ3n) is 3.15. The average molecular weight is 236 g/mol. The Morgan fingerprint density at radius 3 is 3.00 bits per heavy atom. The van der Waals surface area contributed by atoms with Crippen LogP contribution in [0.3, 0.4) is 0 Å². The molecule has 0 unspecified atom stereocenters. The molecule has 0 spiro atoms. The smallest absolute Gasteiger partial charge is 0.104 e. The normalized spacial score (nSPS) is 15.4. The predicted octanol–water partition coefficient (Wildman–Crippen LogP) is 2.46. The summed E-state index contributed by atoms with van der Waals surface area (Å²) in [5.41, 5.74) is 1.26. The van der Waals surface area contributed by atoms with Crippen molar-refractivity contribution in [1.82, 2.24) is 10.6 Å². The number of nitrogens with one attached hydrogen (secondary N) is 2. The van der Waals surface area contributed by atoms with E-state index in [1.165, 1.54) is 31.2 Å². The van der Waals surface area contributed by atoms with E-state index >= 15 is 0 Å². The Labute approximate surface area is 104 Å². The van der Waals surface area contributed by atoms with Gasteiger partial charge in [0, 0.05) is 24.6 Å². The average Bonchev–Trinajstić information content (AvgIpc) is 3.05. The highest BCUT2D eigenvalue weighted by Crippen LogP contribution is 2.18. The molecular weight excluding hydrogens is 212 g/mol. The summed E-state index contributed by atoms with van der Waals surface area (Å²) < 4.78 is 5.54. The summed E-state index contributed by atoms with van der Waals surface area (Å²) in [6.07, 6.45) is 8.17. The number of unbranched alkanes of at least 4 members (excludes halogenated alkanes) is 1. The number of hydrogen-bond donors (Lipinski definition) is 2. The van der Waals surface area contributed by atoms with Crippen LogP contribution in [0.25, 0.3) is 0 Å². The Morgan fingerprint density at radius 2 is 2.24 bits per heavy atom. The third kappa shape index (κ3) is 4.92. The van der Waals surface area contributed by atoms with Crippen LogP contribution in [0.4, 0.5) is 0 Å². The van der Waals surface area contributed by atoms with Crippen molar-refractivity contribution in [1.29, 1.82) is 0 Å². The van der Waals surface area contributed by atoms with Crippen LogP contribution in [-0.4, -0.2) is 19.1 Å². The van der Waals surface area contributed by atoms with Gasteiger partial charge in [-0.3, -0.25) is 0 Å². The van der Waals surface area contributed by atoms with Gasteiger partial charge in [0.15, 0.2) is 0 Å². The molecule has 2 N–H and O–H groups in total. The second kappa shape index (κ2) is 6.82. The molecule has 0 radical (unpaired) electrons. The highest BCUT2D eigenvalue weighted by Gasteiger charge is 2.19. The van der Waals surface area contributed by atoms with E-state index in [4.69, 9.17) is 4.42 Å². The summed E-state index contributed by atoms with van der Waals surface area (Å²) in [6.45, 7) is 5.21. The molecule has 1 aliphatic carbocycles. The number of rotatable bonds is 9. The van der Waals surface area contributed by atoms with Crippen molar-refractivity contribution in [3.63, 3.8) is 0 Å². The lowest BCUT2D eigenvalue weighted by molar-refractivity contribution is 0.491. The minimum atomic E-state index is 0.838. The Morgan fingerprint density at radius 1 is 1.35 bits per heavy atom. The molecule has 1 aromatic heterocycles. The lowest BCUT2D eigenvalue weighted by Gasteiger charge is -2.01. The van der Waals surface area contributed by atoms with E-state index in [0.29, 0.717) is 0 Å². The maximum absolute atomic E-state index is 5.54. The zero-order valence-corrected chi connectivity index (χ0v) is 10.8. The molecule has 96 valence electrons. The molecule has 3 heteroatoms. The van der Waals surface area contributed by atoms with E-state index < -0.39 is 0 Å². The lowest BCUT2D eigenvalue weighted by Crippen LogP contribution is -2.17. The van der Waals surface area contributed by atoms with Gasteiger partial charge in [-0.1, -0.05) is 6.92 Å². The SMILES string of the molecule is CCNCc1coc(CCCCNC2CC2)c1. The van der Waals surface area contributed by atoms with E-state index in [9.17, 15) is 0 Å². The van der Waals surface area contributed by atoms with Gasteiger partial charge in [0.25, 0.3) is 0 Å². The molecule has 17 heavy (non-hydrogen) atoms. The highest BCUT2D eigenvalue weighted by atomic mass is 16.3. The summed E-state index contributed by atoms with van der Waals surface area (Å²) in [6, 6.07) is 3.02. The van der Waals surface area contributed by atoms with Gasteiger partial charge >= 0.3 is 0 Å². The van der Waals surface area contributed by atoms with Crippen LogP contribution in [0.1, 0.15) is 43.9 Å². The van der Waals surface area contributed by atoms with Crippen molar-refractivity contribution < 1.29 is 4.42 Å². The van der Waals surface area contributed by atoms with Crippen molar-refractivity contribution in [2.75, 3.05) is 13.1 Å². The van der Waals surface area contributed by atoms with Crippen molar-refractivity contribution in [3.05, 3.63) is 23.7 Å². The number of furan rings is 1. The van der Waals surface area contributed by atoms with E-state index in [1.807, 2.05) is 6.26 Å². The molecule has 0 atom stereocenters. The van der Waals surface area contributed by atoms with Crippen LogP contribution in [0.2, 0.25) is 0 Å². The molecule has 1 heterocycles. The first-order chi connectivity index (χ1) is 8.38. The fraction of sp³-hybridized carbons (Fsp3) is 0.714.